The Balaban J connectivity index is 2.30. The van der Waals surface area contributed by atoms with Crippen LogP contribution in [0.5, 0.6) is 0 Å². The van der Waals surface area contributed by atoms with Gasteiger partial charge in [-0.05, 0) is 62.8 Å². The number of carbonyl (C=O) groups is 6. The zero-order valence-corrected chi connectivity index (χ0v) is 43.1. The fraction of sp³-hybridized carbons (Fsp3) is 0.755. The van der Waals surface area contributed by atoms with Crippen molar-refractivity contribution in [1.82, 2.24) is 30.7 Å². The number of rotatable bonds is 26. The highest BCUT2D eigenvalue weighted by atomic mass is 16.7. The van der Waals surface area contributed by atoms with Crippen LogP contribution in [0.1, 0.15) is 120 Å². The topological polar surface area (TPSA) is 231 Å². The number of aliphatic hydroxyl groups excluding tert-OH is 1. The van der Waals surface area contributed by atoms with E-state index in [2.05, 4.69) is 16.0 Å². The zero-order valence-electron chi connectivity index (χ0n) is 43.1. The van der Waals surface area contributed by atoms with E-state index in [0.717, 1.165) is 4.90 Å². The molecule has 1 aliphatic heterocycles. The molecule has 1 aromatic carbocycles. The summed E-state index contributed by atoms with van der Waals surface area (Å²) in [7, 11) is 6.07. The van der Waals surface area contributed by atoms with Gasteiger partial charge in [-0.15, -0.1) is 0 Å². The summed E-state index contributed by atoms with van der Waals surface area (Å²) in [6.45, 7) is 22.1. The maximum Gasteiger partial charge on any atom is 0.414 e. The Kier molecular flexibility index (Phi) is 24.2. The van der Waals surface area contributed by atoms with Crippen LogP contribution in [0.2, 0.25) is 0 Å². The second-order valence-corrected chi connectivity index (χ2v) is 19.5. The highest BCUT2D eigenvalue weighted by molar-refractivity contribution is 5.92. The molecule has 12 unspecified atom stereocenters. The van der Waals surface area contributed by atoms with E-state index < -0.39 is 103 Å². The van der Waals surface area contributed by atoms with Gasteiger partial charge in [0, 0.05) is 40.9 Å². The molecule has 382 valence electrons. The highest BCUT2D eigenvalue weighted by Gasteiger charge is 2.44. The molecule has 0 aromatic heterocycles. The highest BCUT2D eigenvalue weighted by Crippen LogP contribution is 2.30. The van der Waals surface area contributed by atoms with Crippen LogP contribution in [0.3, 0.4) is 0 Å². The number of likely N-dealkylation sites (tertiary alicyclic amines) is 1. The SMILES string of the molecule is CCC(C)C(C(CC(=O)N1CCCC1C(OC)C(C)C(=O)NC(C)C(O)c1ccccc1)OC)N(C)C(=O)C(NC(=O)C(C(C)C)N(C)C(=O)OC(NC(C)C)OC(=O)C(N)C(C)C)C(C)C. The Morgan fingerprint density at radius 3 is 1.94 bits per heavy atom. The Hall–Kier alpha value is -4.36. The van der Waals surface area contributed by atoms with Crippen LogP contribution in [0.25, 0.3) is 0 Å². The largest absolute Gasteiger partial charge is 0.414 e. The van der Waals surface area contributed by atoms with Crippen LogP contribution in [0, 0.1) is 29.6 Å². The fourth-order valence-corrected chi connectivity index (χ4v) is 8.69. The summed E-state index contributed by atoms with van der Waals surface area (Å²) in [4.78, 5) is 87.4. The molecule has 12 atom stereocenters. The maximum absolute atomic E-state index is 14.6. The Labute approximate surface area is 400 Å². The lowest BCUT2D eigenvalue weighted by Crippen LogP contribution is -2.60. The predicted octanol–water partition coefficient (Wildman–Crippen LogP) is 4.19. The number of hydrogen-bond donors (Lipinski definition) is 5. The number of nitrogens with zero attached hydrogens (tertiary/aromatic N) is 3. The van der Waals surface area contributed by atoms with Crippen LogP contribution in [0.15, 0.2) is 30.3 Å². The minimum atomic E-state index is -1.48. The van der Waals surface area contributed by atoms with E-state index in [0.29, 0.717) is 31.4 Å². The molecule has 1 saturated heterocycles. The number of carbonyl (C=O) groups excluding carboxylic acids is 6. The third kappa shape index (κ3) is 16.4. The van der Waals surface area contributed by atoms with Gasteiger partial charge >= 0.3 is 18.5 Å². The van der Waals surface area contributed by atoms with Crippen molar-refractivity contribution in [3.8, 4) is 0 Å². The van der Waals surface area contributed by atoms with Crippen LogP contribution >= 0.6 is 0 Å². The molecule has 0 bridgehead atoms. The molecule has 0 spiro atoms. The van der Waals surface area contributed by atoms with E-state index in [-0.39, 0.29) is 36.1 Å². The van der Waals surface area contributed by atoms with Crippen LogP contribution < -0.4 is 21.7 Å². The first-order valence-electron chi connectivity index (χ1n) is 24.0. The number of hydrogen-bond acceptors (Lipinski definition) is 13. The van der Waals surface area contributed by atoms with Crippen LogP contribution in [-0.4, -0.2) is 151 Å². The standard InChI is InChI=1S/C49H85N7O11/c1-17-31(10)41(36(64-15)26-37(57)56-25-21-24-35(56)43(65-16)32(11)44(59)52-33(12)42(58)34-22-19-18-20-23-34)54(13)46(61)39(28(4)5)53-45(60)40(29(6)7)55(14)49(63)67-48(51-30(8)9)66-47(62)38(50)27(2)3/h18-20,22-23,27-33,35-36,38-43,48,51,58H,17,21,24-26,50H2,1-16H3,(H,52,59)(H,53,60). The van der Waals surface area contributed by atoms with Crippen molar-refractivity contribution in [1.29, 1.82) is 0 Å². The van der Waals surface area contributed by atoms with Gasteiger partial charge in [-0.2, -0.15) is 0 Å². The molecule has 1 aliphatic rings. The van der Waals surface area contributed by atoms with Crippen molar-refractivity contribution in [2.75, 3.05) is 34.9 Å². The summed E-state index contributed by atoms with van der Waals surface area (Å²) in [6, 6.07) is 4.16. The molecule has 67 heavy (non-hydrogen) atoms. The number of nitrogens with two attached hydrogens (primary N) is 1. The molecule has 0 saturated carbocycles. The van der Waals surface area contributed by atoms with Crippen LogP contribution in [-0.2, 0) is 42.9 Å². The third-order valence-corrected chi connectivity index (χ3v) is 13.0. The molecule has 1 fully saturated rings. The van der Waals surface area contributed by atoms with Gasteiger partial charge in [0.05, 0.1) is 48.8 Å². The van der Waals surface area contributed by atoms with Gasteiger partial charge in [0.15, 0.2) is 0 Å². The van der Waals surface area contributed by atoms with Gasteiger partial charge in [-0.1, -0.05) is 99.1 Å². The minimum Gasteiger partial charge on any atom is -0.410 e. The van der Waals surface area contributed by atoms with Gasteiger partial charge in [0.1, 0.15) is 18.1 Å². The second-order valence-electron chi connectivity index (χ2n) is 19.5. The summed E-state index contributed by atoms with van der Waals surface area (Å²) < 4.78 is 22.9. The smallest absolute Gasteiger partial charge is 0.410 e. The molecule has 1 heterocycles. The number of methoxy groups -OCH3 is 2. The summed E-state index contributed by atoms with van der Waals surface area (Å²) >= 11 is 0. The number of ether oxygens (including phenoxy) is 4. The number of likely N-dealkylation sites (N-methyl/N-ethyl adjacent to an activating group) is 2. The van der Waals surface area contributed by atoms with Gasteiger partial charge in [-0.25, -0.2) is 10.1 Å². The van der Waals surface area contributed by atoms with Crippen molar-refractivity contribution in [3.63, 3.8) is 0 Å². The molecule has 2 rings (SSSR count). The fourth-order valence-electron chi connectivity index (χ4n) is 8.69. The average molecular weight is 948 g/mol. The van der Waals surface area contributed by atoms with E-state index in [1.54, 1.807) is 98.2 Å². The lowest BCUT2D eigenvalue weighted by molar-refractivity contribution is -0.179. The van der Waals surface area contributed by atoms with Crippen molar-refractivity contribution in [2.45, 2.75) is 176 Å². The van der Waals surface area contributed by atoms with E-state index in [9.17, 15) is 33.9 Å². The van der Waals surface area contributed by atoms with Crippen LogP contribution in [0.4, 0.5) is 4.79 Å². The molecule has 0 radical (unpaired) electrons. The molecule has 1 aromatic rings. The van der Waals surface area contributed by atoms with E-state index in [4.69, 9.17) is 24.7 Å². The first kappa shape index (κ1) is 58.8. The van der Waals surface area contributed by atoms with Crippen molar-refractivity contribution in [3.05, 3.63) is 35.9 Å². The molecule has 5 amide bonds. The average Bonchev–Trinajstić information content (AvgIpc) is 3.76. The van der Waals surface area contributed by atoms with E-state index in [1.807, 2.05) is 32.0 Å². The molecular weight excluding hydrogens is 863 g/mol. The van der Waals surface area contributed by atoms with Gasteiger partial charge < -0.3 is 50.2 Å². The van der Waals surface area contributed by atoms with Crippen molar-refractivity contribution < 1.29 is 52.8 Å². The second kappa shape index (κ2) is 27.6. The van der Waals surface area contributed by atoms with Gasteiger partial charge in [0.2, 0.25) is 23.6 Å². The number of aliphatic hydroxyl groups is 1. The monoisotopic (exact) mass is 948 g/mol. The minimum absolute atomic E-state index is 0.0661. The molecule has 0 aliphatic carbocycles. The van der Waals surface area contributed by atoms with Gasteiger partial charge in [0.25, 0.3) is 0 Å². The number of amides is 5. The molecule has 18 heteroatoms. The Morgan fingerprint density at radius 1 is 0.821 bits per heavy atom. The lowest BCUT2D eigenvalue weighted by Gasteiger charge is -2.41. The summed E-state index contributed by atoms with van der Waals surface area (Å²) in [6.07, 6.45) is -2.84. The summed E-state index contributed by atoms with van der Waals surface area (Å²) in [5, 5.41) is 19.6. The quantitative estimate of drug-likeness (QED) is 0.0649. The van der Waals surface area contributed by atoms with Crippen molar-refractivity contribution in [2.24, 2.45) is 35.3 Å². The number of benzene rings is 1. The zero-order chi connectivity index (χ0) is 51.0. The molecule has 6 N–H and O–H groups in total. The predicted molar refractivity (Wildman–Crippen MR) is 256 cm³/mol. The lowest BCUT2D eigenvalue weighted by atomic mass is 9.89. The van der Waals surface area contributed by atoms with Gasteiger partial charge in [-0.3, -0.25) is 28.9 Å². The number of esters is 1. The summed E-state index contributed by atoms with van der Waals surface area (Å²) in [5.74, 6) is -4.16. The first-order valence-corrected chi connectivity index (χ1v) is 24.0. The van der Waals surface area contributed by atoms with Crippen molar-refractivity contribution >= 4 is 35.7 Å². The Morgan fingerprint density at radius 2 is 1.43 bits per heavy atom. The van der Waals surface area contributed by atoms with E-state index >= 15 is 0 Å². The molecular formula is C49H85N7O11. The maximum atomic E-state index is 14.6. The third-order valence-electron chi connectivity index (χ3n) is 13.0. The summed E-state index contributed by atoms with van der Waals surface area (Å²) in [5.41, 5.74) is 6.65. The first-order chi connectivity index (χ1) is 31.3. The Bertz CT molecular complexity index is 1730. The molecule has 18 nitrogen and oxygen atoms in total. The number of nitrogens with one attached hydrogen (secondary N) is 3. The van der Waals surface area contributed by atoms with E-state index in [1.165, 1.54) is 21.3 Å². The normalized spacial score (nSPS) is 19.1.